The summed E-state index contributed by atoms with van der Waals surface area (Å²) in [5, 5.41) is 8.66. The first-order valence-corrected chi connectivity index (χ1v) is 7.88. The molecule has 1 heterocycles. The molecule has 1 aromatic heterocycles. The fraction of sp³-hybridized carbons (Fsp3) is 0.500. The summed E-state index contributed by atoms with van der Waals surface area (Å²) in [6.07, 6.45) is 3.81. The minimum Gasteiger partial charge on any atom is -0.395 e. The van der Waals surface area contributed by atoms with Gasteiger partial charge in [0.05, 0.1) is 6.61 Å². The second-order valence-electron chi connectivity index (χ2n) is 5.03. The van der Waals surface area contributed by atoms with E-state index in [4.69, 9.17) is 5.11 Å². The number of aliphatic hydroxyl groups is 1. The van der Waals surface area contributed by atoms with Gasteiger partial charge in [-0.2, -0.15) is 0 Å². The Morgan fingerprint density at radius 3 is 2.70 bits per heavy atom. The van der Waals surface area contributed by atoms with Crippen LogP contribution in [-0.2, 0) is 10.0 Å². The maximum atomic E-state index is 12.2. The van der Waals surface area contributed by atoms with E-state index in [-0.39, 0.29) is 11.5 Å². The summed E-state index contributed by atoms with van der Waals surface area (Å²) in [5.41, 5.74) is -0.00662. The van der Waals surface area contributed by atoms with Crippen LogP contribution >= 0.6 is 0 Å². The number of pyridine rings is 1. The SMILES string of the molecule is CCC(C)(C)NS(=O)(=O)c1cncc(C#CCCO)c1. The highest BCUT2D eigenvalue weighted by atomic mass is 32.2. The van der Waals surface area contributed by atoms with Crippen LogP contribution in [0.4, 0.5) is 0 Å². The van der Waals surface area contributed by atoms with E-state index in [0.29, 0.717) is 18.4 Å². The van der Waals surface area contributed by atoms with E-state index in [1.54, 1.807) is 0 Å². The third-order valence-electron chi connectivity index (χ3n) is 2.79. The molecular weight excluding hydrogens is 276 g/mol. The quantitative estimate of drug-likeness (QED) is 0.802. The standard InChI is InChI=1S/C14H20N2O3S/c1-4-14(2,3)16-20(18,19)13-9-12(10-15-11-13)7-5-6-8-17/h9-11,16-17H,4,6,8H2,1-3H3. The van der Waals surface area contributed by atoms with Gasteiger partial charge in [-0.15, -0.1) is 0 Å². The highest BCUT2D eigenvalue weighted by Gasteiger charge is 2.24. The molecule has 2 N–H and O–H groups in total. The van der Waals surface area contributed by atoms with Gasteiger partial charge in [0.15, 0.2) is 0 Å². The van der Waals surface area contributed by atoms with Crippen molar-refractivity contribution in [3.05, 3.63) is 24.0 Å². The monoisotopic (exact) mass is 296 g/mol. The Morgan fingerprint density at radius 1 is 1.40 bits per heavy atom. The average molecular weight is 296 g/mol. The normalized spacial score (nSPS) is 11.8. The molecule has 0 aliphatic rings. The molecule has 20 heavy (non-hydrogen) atoms. The van der Waals surface area contributed by atoms with Crippen molar-refractivity contribution in [3.63, 3.8) is 0 Å². The molecule has 0 aliphatic heterocycles. The summed E-state index contributed by atoms with van der Waals surface area (Å²) in [4.78, 5) is 3.99. The molecule has 0 aromatic carbocycles. The number of nitrogens with one attached hydrogen (secondary N) is 1. The third-order valence-corrected chi connectivity index (χ3v) is 4.45. The largest absolute Gasteiger partial charge is 0.395 e. The van der Waals surface area contributed by atoms with Crippen molar-refractivity contribution in [2.24, 2.45) is 0 Å². The third kappa shape index (κ3) is 4.93. The van der Waals surface area contributed by atoms with E-state index < -0.39 is 15.6 Å². The van der Waals surface area contributed by atoms with Crippen molar-refractivity contribution in [1.29, 1.82) is 0 Å². The second-order valence-corrected chi connectivity index (χ2v) is 6.71. The Hall–Kier alpha value is -1.42. The van der Waals surface area contributed by atoms with Crippen molar-refractivity contribution < 1.29 is 13.5 Å². The lowest BCUT2D eigenvalue weighted by Gasteiger charge is -2.24. The summed E-state index contributed by atoms with van der Waals surface area (Å²) in [6.45, 7) is 5.54. The molecule has 0 radical (unpaired) electrons. The summed E-state index contributed by atoms with van der Waals surface area (Å²) >= 11 is 0. The minimum atomic E-state index is -3.61. The molecule has 1 aromatic rings. The molecule has 6 heteroatoms. The molecule has 0 spiro atoms. The van der Waals surface area contributed by atoms with Crippen LogP contribution < -0.4 is 4.72 Å². The summed E-state index contributed by atoms with van der Waals surface area (Å²) in [7, 11) is -3.61. The van der Waals surface area contributed by atoms with Gasteiger partial charge in [-0.05, 0) is 26.3 Å². The molecule has 0 aliphatic carbocycles. The van der Waals surface area contributed by atoms with Gasteiger partial charge in [0.1, 0.15) is 4.90 Å². The van der Waals surface area contributed by atoms with E-state index in [0.717, 1.165) is 0 Å². The molecule has 0 amide bonds. The number of rotatable bonds is 5. The van der Waals surface area contributed by atoms with Crippen LogP contribution in [0.2, 0.25) is 0 Å². The zero-order valence-corrected chi connectivity index (χ0v) is 12.8. The van der Waals surface area contributed by atoms with Crippen molar-refractivity contribution in [1.82, 2.24) is 9.71 Å². The van der Waals surface area contributed by atoms with Crippen LogP contribution in [0.5, 0.6) is 0 Å². The first-order chi connectivity index (χ1) is 9.30. The van der Waals surface area contributed by atoms with Gasteiger partial charge in [0, 0.05) is 29.9 Å². The van der Waals surface area contributed by atoms with E-state index in [9.17, 15) is 8.42 Å². The maximum absolute atomic E-state index is 12.2. The molecule has 5 nitrogen and oxygen atoms in total. The maximum Gasteiger partial charge on any atom is 0.242 e. The Morgan fingerprint density at radius 2 is 2.10 bits per heavy atom. The number of aromatic nitrogens is 1. The summed E-state index contributed by atoms with van der Waals surface area (Å²) in [5.74, 6) is 5.50. The molecule has 0 fully saturated rings. The van der Waals surface area contributed by atoms with Gasteiger partial charge in [-0.25, -0.2) is 13.1 Å². The molecule has 0 atom stereocenters. The van der Waals surface area contributed by atoms with Crippen molar-refractivity contribution in [2.45, 2.75) is 44.0 Å². The van der Waals surface area contributed by atoms with Gasteiger partial charge in [-0.1, -0.05) is 18.8 Å². The van der Waals surface area contributed by atoms with Crippen molar-refractivity contribution in [3.8, 4) is 11.8 Å². The van der Waals surface area contributed by atoms with Crippen LogP contribution in [0.1, 0.15) is 39.2 Å². The molecule has 0 saturated heterocycles. The van der Waals surface area contributed by atoms with E-state index in [2.05, 4.69) is 21.5 Å². The topological polar surface area (TPSA) is 79.3 Å². The van der Waals surface area contributed by atoms with Crippen LogP contribution in [-0.4, -0.2) is 30.7 Å². The molecule has 0 bridgehead atoms. The van der Waals surface area contributed by atoms with Gasteiger partial charge >= 0.3 is 0 Å². The summed E-state index contributed by atoms with van der Waals surface area (Å²) in [6, 6.07) is 1.48. The predicted octanol–water partition coefficient (Wildman–Crippen LogP) is 1.28. The Bertz CT molecular complexity index is 613. The zero-order chi connectivity index (χ0) is 15.2. The molecule has 0 unspecified atom stereocenters. The number of hydrogen-bond acceptors (Lipinski definition) is 4. The number of sulfonamides is 1. The number of nitrogens with zero attached hydrogens (tertiary/aromatic N) is 1. The van der Waals surface area contributed by atoms with Crippen LogP contribution in [0.25, 0.3) is 0 Å². The second kappa shape index (κ2) is 6.84. The van der Waals surface area contributed by atoms with Gasteiger partial charge < -0.3 is 5.11 Å². The van der Waals surface area contributed by atoms with Crippen LogP contribution in [0.3, 0.4) is 0 Å². The molecule has 1 rings (SSSR count). The summed E-state index contributed by atoms with van der Waals surface area (Å²) < 4.78 is 27.1. The molecular formula is C14H20N2O3S. The average Bonchev–Trinajstić information content (AvgIpc) is 2.38. The van der Waals surface area contributed by atoms with Gasteiger partial charge in [0.2, 0.25) is 10.0 Å². The lowest BCUT2D eigenvalue weighted by atomic mass is 10.0. The van der Waals surface area contributed by atoms with E-state index in [1.807, 2.05) is 20.8 Å². The van der Waals surface area contributed by atoms with E-state index >= 15 is 0 Å². The highest BCUT2D eigenvalue weighted by Crippen LogP contribution is 2.15. The lowest BCUT2D eigenvalue weighted by Crippen LogP contribution is -2.42. The Kier molecular flexibility index (Phi) is 5.69. The molecule has 0 saturated carbocycles. The van der Waals surface area contributed by atoms with Gasteiger partial charge in [0.25, 0.3) is 0 Å². The first-order valence-electron chi connectivity index (χ1n) is 6.39. The van der Waals surface area contributed by atoms with Crippen molar-refractivity contribution >= 4 is 10.0 Å². The predicted molar refractivity (Wildman–Crippen MR) is 77.5 cm³/mol. The van der Waals surface area contributed by atoms with Gasteiger partial charge in [-0.3, -0.25) is 4.98 Å². The number of aliphatic hydroxyl groups excluding tert-OH is 1. The Labute approximate surface area is 120 Å². The lowest BCUT2D eigenvalue weighted by molar-refractivity contribution is 0.305. The molecule has 110 valence electrons. The minimum absolute atomic E-state index is 0.0232. The smallest absolute Gasteiger partial charge is 0.242 e. The fourth-order valence-corrected chi connectivity index (χ4v) is 2.82. The van der Waals surface area contributed by atoms with Crippen LogP contribution in [0.15, 0.2) is 23.4 Å². The highest BCUT2D eigenvalue weighted by molar-refractivity contribution is 7.89. The number of hydrogen-bond donors (Lipinski definition) is 2. The van der Waals surface area contributed by atoms with E-state index in [1.165, 1.54) is 18.5 Å². The van der Waals surface area contributed by atoms with Crippen molar-refractivity contribution in [2.75, 3.05) is 6.61 Å². The zero-order valence-electron chi connectivity index (χ0n) is 12.0. The van der Waals surface area contributed by atoms with Crippen LogP contribution in [0, 0.1) is 11.8 Å². The first kappa shape index (κ1) is 16.6. The fourth-order valence-electron chi connectivity index (χ4n) is 1.35. The Balaban J connectivity index is 3.03.